The summed E-state index contributed by atoms with van der Waals surface area (Å²) in [6, 6.07) is 21.2. The zero-order valence-corrected chi connectivity index (χ0v) is 28.4. The smallest absolute Gasteiger partial charge is 0.408 e. The Balaban J connectivity index is 1.44. The topological polar surface area (TPSA) is 138 Å². The predicted molar refractivity (Wildman–Crippen MR) is 182 cm³/mol. The van der Waals surface area contributed by atoms with Crippen LogP contribution in [0.5, 0.6) is 5.75 Å². The van der Waals surface area contributed by atoms with Crippen LogP contribution in [0.15, 0.2) is 84.9 Å². The van der Waals surface area contributed by atoms with Crippen molar-refractivity contribution in [2.45, 2.75) is 57.5 Å². The lowest BCUT2D eigenvalue weighted by Gasteiger charge is -2.31. The molecule has 0 saturated carbocycles. The first kappa shape index (κ1) is 38.2. The van der Waals surface area contributed by atoms with Gasteiger partial charge in [-0.1, -0.05) is 86.6 Å². The third-order valence-electron chi connectivity index (χ3n) is 8.27. The first-order valence-electron chi connectivity index (χ1n) is 16.7. The molecule has 0 bridgehead atoms. The molecule has 0 aromatic heterocycles. The molecule has 4 rings (SSSR count). The number of hydrogen-bond acceptors (Lipinski definition) is 8. The maximum absolute atomic E-state index is 15.6. The van der Waals surface area contributed by atoms with E-state index in [1.807, 2.05) is 6.07 Å². The highest BCUT2D eigenvalue weighted by atomic mass is 19.3. The number of rotatable bonds is 17. The number of alkyl carbamates (subject to hydrolysis) is 1. The molecule has 1 aliphatic heterocycles. The summed E-state index contributed by atoms with van der Waals surface area (Å²) in [5, 5.41) is 18.2. The first-order valence-corrected chi connectivity index (χ1v) is 16.7. The highest BCUT2D eigenvalue weighted by Crippen LogP contribution is 2.25. The number of aliphatic hydroxyl groups is 1. The van der Waals surface area contributed by atoms with Crippen molar-refractivity contribution in [3.8, 4) is 5.75 Å². The van der Waals surface area contributed by atoms with E-state index >= 15 is 8.78 Å². The number of morpholine rings is 1. The number of carbonyl (C=O) groups excluding carboxylic acids is 3. The summed E-state index contributed by atoms with van der Waals surface area (Å²) in [6.07, 6.45) is -3.76. The van der Waals surface area contributed by atoms with Crippen molar-refractivity contribution in [2.75, 3.05) is 39.5 Å². The summed E-state index contributed by atoms with van der Waals surface area (Å²) in [7, 11) is 0. The lowest BCUT2D eigenvalue weighted by molar-refractivity contribution is -0.168. The Morgan fingerprint density at radius 2 is 1.50 bits per heavy atom. The second-order valence-electron chi connectivity index (χ2n) is 12.4. The third kappa shape index (κ3) is 11.8. The molecule has 270 valence electrons. The zero-order chi connectivity index (χ0) is 35.9. The molecular weight excluding hydrogens is 650 g/mol. The summed E-state index contributed by atoms with van der Waals surface area (Å²) >= 11 is 0. The van der Waals surface area contributed by atoms with Gasteiger partial charge in [0.05, 0.1) is 19.3 Å². The van der Waals surface area contributed by atoms with Crippen LogP contribution >= 0.6 is 0 Å². The van der Waals surface area contributed by atoms with E-state index in [9.17, 15) is 19.5 Å². The van der Waals surface area contributed by atoms with Crippen molar-refractivity contribution in [1.82, 2.24) is 20.9 Å². The Labute approximate surface area is 291 Å². The molecule has 1 heterocycles. The van der Waals surface area contributed by atoms with E-state index in [0.717, 1.165) is 25.2 Å². The van der Waals surface area contributed by atoms with Gasteiger partial charge in [0.1, 0.15) is 31.1 Å². The van der Waals surface area contributed by atoms with E-state index in [4.69, 9.17) is 14.2 Å². The molecule has 0 spiro atoms. The molecule has 1 saturated heterocycles. The molecule has 3 amide bonds. The number of amides is 3. The number of halogens is 2. The fourth-order valence-corrected chi connectivity index (χ4v) is 5.32. The van der Waals surface area contributed by atoms with Crippen molar-refractivity contribution in [3.05, 3.63) is 102 Å². The van der Waals surface area contributed by atoms with Crippen LogP contribution in [0.2, 0.25) is 0 Å². The summed E-state index contributed by atoms with van der Waals surface area (Å²) in [4.78, 5) is 41.1. The van der Waals surface area contributed by atoms with Crippen LogP contribution in [0.3, 0.4) is 0 Å². The van der Waals surface area contributed by atoms with Crippen LogP contribution in [0.1, 0.15) is 30.5 Å². The number of nitrogens with one attached hydrogen (secondary N) is 3. The van der Waals surface area contributed by atoms with Gasteiger partial charge in [-0.25, -0.2) is 4.79 Å². The van der Waals surface area contributed by atoms with Crippen molar-refractivity contribution >= 4 is 17.9 Å². The average Bonchev–Trinajstić information content (AvgIpc) is 3.13. The van der Waals surface area contributed by atoms with Gasteiger partial charge in [0.2, 0.25) is 5.91 Å². The summed E-state index contributed by atoms with van der Waals surface area (Å²) < 4.78 is 47.6. The second-order valence-corrected chi connectivity index (χ2v) is 12.4. The lowest BCUT2D eigenvalue weighted by atomic mass is 9.95. The molecular formula is C37H46F2N4O7. The van der Waals surface area contributed by atoms with E-state index in [-0.39, 0.29) is 19.6 Å². The predicted octanol–water partition coefficient (Wildman–Crippen LogP) is 3.69. The average molecular weight is 697 g/mol. The number of carbonyl (C=O) groups is 3. The van der Waals surface area contributed by atoms with Crippen molar-refractivity contribution in [2.24, 2.45) is 5.92 Å². The molecule has 13 heteroatoms. The van der Waals surface area contributed by atoms with Crippen LogP contribution in [0.4, 0.5) is 13.6 Å². The van der Waals surface area contributed by atoms with Gasteiger partial charge in [0.15, 0.2) is 0 Å². The molecule has 3 aromatic carbocycles. The highest BCUT2D eigenvalue weighted by Gasteiger charge is 2.50. The number of alkyl halides is 2. The molecule has 3 aromatic rings. The van der Waals surface area contributed by atoms with E-state index in [2.05, 4.69) is 20.9 Å². The van der Waals surface area contributed by atoms with Crippen molar-refractivity contribution < 1.29 is 42.5 Å². The Hall–Kier alpha value is -4.59. The molecule has 1 aliphatic rings. The standard InChI is InChI=1S/C37H46F2N4O7/c1-26(2)32(42-36(47)50-25-29-11-7-4-8-12-29)34(45)41-31(33(44)37(38,39)35(46)40-24-28-9-5-3-6-10-28)23-27-13-15-30(16-14-27)49-22-19-43-17-20-48-21-18-43/h3-16,26,31-33,44H,17-25H2,1-2H3,(H,40,46)(H,41,45)(H,42,47)/t31?,32-,33?/m0/s1. The Morgan fingerprint density at radius 3 is 2.12 bits per heavy atom. The number of ether oxygens (including phenoxy) is 3. The fourth-order valence-electron chi connectivity index (χ4n) is 5.32. The molecule has 50 heavy (non-hydrogen) atoms. The van der Waals surface area contributed by atoms with E-state index in [1.54, 1.807) is 92.7 Å². The number of benzene rings is 3. The highest BCUT2D eigenvalue weighted by molar-refractivity contribution is 5.87. The van der Waals surface area contributed by atoms with Gasteiger partial charge in [-0.15, -0.1) is 0 Å². The van der Waals surface area contributed by atoms with Gasteiger partial charge in [-0.2, -0.15) is 8.78 Å². The van der Waals surface area contributed by atoms with Gasteiger partial charge < -0.3 is 35.3 Å². The van der Waals surface area contributed by atoms with Gasteiger partial charge >= 0.3 is 12.0 Å². The Kier molecular flexibility index (Phi) is 14.5. The number of aliphatic hydroxyl groups excluding tert-OH is 1. The Bertz CT molecular complexity index is 1490. The number of nitrogens with zero attached hydrogens (tertiary/aromatic N) is 1. The van der Waals surface area contributed by atoms with Gasteiger partial charge in [0.25, 0.3) is 5.91 Å². The minimum atomic E-state index is -4.29. The summed E-state index contributed by atoms with van der Waals surface area (Å²) in [6.45, 7) is 7.28. The van der Waals surface area contributed by atoms with Gasteiger partial charge in [0, 0.05) is 26.2 Å². The molecule has 1 fully saturated rings. The molecule has 3 atom stereocenters. The van der Waals surface area contributed by atoms with Crippen molar-refractivity contribution in [3.63, 3.8) is 0 Å². The summed E-state index contributed by atoms with van der Waals surface area (Å²) in [5.74, 6) is -6.73. The van der Waals surface area contributed by atoms with Gasteiger partial charge in [-0.05, 0) is 41.2 Å². The van der Waals surface area contributed by atoms with E-state index < -0.39 is 47.9 Å². The van der Waals surface area contributed by atoms with E-state index in [1.165, 1.54) is 0 Å². The molecule has 0 aliphatic carbocycles. The molecule has 0 radical (unpaired) electrons. The largest absolute Gasteiger partial charge is 0.492 e. The zero-order valence-electron chi connectivity index (χ0n) is 28.4. The fraction of sp³-hybridized carbons (Fsp3) is 0.432. The van der Waals surface area contributed by atoms with Crippen LogP contribution in [0, 0.1) is 5.92 Å². The monoisotopic (exact) mass is 696 g/mol. The summed E-state index contributed by atoms with van der Waals surface area (Å²) in [5.41, 5.74) is 1.82. The molecule has 11 nitrogen and oxygen atoms in total. The van der Waals surface area contributed by atoms with E-state index in [0.29, 0.717) is 36.7 Å². The first-order chi connectivity index (χ1) is 24.0. The van der Waals surface area contributed by atoms with Crippen LogP contribution in [-0.4, -0.2) is 91.5 Å². The Morgan fingerprint density at radius 1 is 0.880 bits per heavy atom. The lowest BCUT2D eigenvalue weighted by Crippen LogP contribution is -2.61. The third-order valence-corrected chi connectivity index (χ3v) is 8.27. The van der Waals surface area contributed by atoms with Crippen LogP contribution in [0.25, 0.3) is 0 Å². The number of hydrogen-bond donors (Lipinski definition) is 4. The minimum absolute atomic E-state index is 0.0440. The second kappa shape index (κ2) is 19.0. The molecule has 2 unspecified atom stereocenters. The maximum Gasteiger partial charge on any atom is 0.408 e. The maximum atomic E-state index is 15.6. The minimum Gasteiger partial charge on any atom is -0.492 e. The molecule has 4 N–H and O–H groups in total. The van der Waals surface area contributed by atoms with Crippen LogP contribution in [-0.2, 0) is 38.6 Å². The van der Waals surface area contributed by atoms with Crippen molar-refractivity contribution in [1.29, 1.82) is 0 Å². The SMILES string of the molecule is CC(C)[C@H](NC(=O)OCc1ccccc1)C(=O)NC(Cc1ccc(OCCN2CCOCC2)cc1)C(O)C(F)(F)C(=O)NCc1ccccc1. The van der Waals surface area contributed by atoms with Gasteiger partial charge in [-0.3, -0.25) is 14.5 Å². The van der Waals surface area contributed by atoms with Crippen LogP contribution < -0.4 is 20.7 Å². The normalized spacial score (nSPS) is 15.4. The quantitative estimate of drug-likeness (QED) is 0.168.